The Hall–Kier alpha value is -4.18. The molecule has 0 fully saturated rings. The van der Waals surface area contributed by atoms with Crippen molar-refractivity contribution in [1.82, 2.24) is 9.78 Å². The van der Waals surface area contributed by atoms with Crippen molar-refractivity contribution in [3.63, 3.8) is 0 Å². The van der Waals surface area contributed by atoms with Gasteiger partial charge in [-0.15, -0.1) is 0 Å². The van der Waals surface area contributed by atoms with Crippen LogP contribution in [-0.2, 0) is 13.2 Å². The molecule has 35 heavy (non-hydrogen) atoms. The number of benzene rings is 2. The summed E-state index contributed by atoms with van der Waals surface area (Å²) in [5.74, 6) is -0.159. The van der Waals surface area contributed by atoms with Crippen LogP contribution >= 0.6 is 11.6 Å². The van der Waals surface area contributed by atoms with Crippen LogP contribution in [0.15, 0.2) is 59.0 Å². The maximum Gasteiger partial charge on any atom is 0.291 e. The van der Waals surface area contributed by atoms with Crippen LogP contribution in [0.3, 0.4) is 0 Å². The molecule has 0 aliphatic carbocycles. The Morgan fingerprint density at radius 1 is 1.23 bits per heavy atom. The zero-order chi connectivity index (χ0) is 25.1. The number of nitro groups is 1. The van der Waals surface area contributed by atoms with E-state index >= 15 is 0 Å². The van der Waals surface area contributed by atoms with E-state index in [-0.39, 0.29) is 41.2 Å². The number of hydrogen-bond acceptors (Lipinski definition) is 6. The fraction of sp³-hybridized carbons (Fsp3) is 0.167. The molecule has 0 bridgehead atoms. The lowest BCUT2D eigenvalue weighted by Gasteiger charge is -2.07. The summed E-state index contributed by atoms with van der Waals surface area (Å²) in [4.78, 5) is 23.0. The molecule has 2 heterocycles. The third-order valence-electron chi connectivity index (χ3n) is 5.28. The van der Waals surface area contributed by atoms with Crippen molar-refractivity contribution >= 4 is 28.9 Å². The highest BCUT2D eigenvalue weighted by atomic mass is 35.5. The number of non-ortho nitro benzene ring substituents is 1. The van der Waals surface area contributed by atoms with Crippen LogP contribution in [0.2, 0.25) is 5.02 Å². The van der Waals surface area contributed by atoms with Crippen molar-refractivity contribution in [2.45, 2.75) is 27.0 Å². The molecule has 0 spiro atoms. The number of rotatable bonds is 8. The smallest absolute Gasteiger partial charge is 0.291 e. The van der Waals surface area contributed by atoms with Gasteiger partial charge in [0.2, 0.25) is 0 Å². The lowest BCUT2D eigenvalue weighted by molar-refractivity contribution is -0.384. The number of nitrogens with zero attached hydrogens (tertiary/aromatic N) is 3. The number of nitrogens with one attached hydrogen (secondary N) is 1. The van der Waals surface area contributed by atoms with Crippen molar-refractivity contribution < 1.29 is 23.3 Å². The third kappa shape index (κ3) is 5.33. The van der Waals surface area contributed by atoms with Gasteiger partial charge < -0.3 is 14.5 Å². The fourth-order valence-electron chi connectivity index (χ4n) is 3.44. The molecule has 0 aliphatic rings. The molecule has 0 saturated carbocycles. The van der Waals surface area contributed by atoms with E-state index in [1.165, 1.54) is 30.3 Å². The fourth-order valence-corrected chi connectivity index (χ4v) is 3.67. The number of anilines is 1. The van der Waals surface area contributed by atoms with Crippen LogP contribution < -0.4 is 10.1 Å². The molecule has 0 aliphatic heterocycles. The summed E-state index contributed by atoms with van der Waals surface area (Å²) in [6.07, 6.45) is 0. The number of nitro benzene ring substituents is 1. The standard InChI is InChI=1S/C24H20ClFN4O5/c1-14-23(15(2)29(28-14)12-16-5-3-4-6-20(16)26)27-24(31)22-10-8-18(35-22)13-34-21-9-7-17(30(32)33)11-19(21)25/h3-11H,12-13H2,1-2H3,(H,27,31). The van der Waals surface area contributed by atoms with Gasteiger partial charge in [-0.2, -0.15) is 5.10 Å². The van der Waals surface area contributed by atoms with E-state index < -0.39 is 10.8 Å². The number of halogens is 2. The van der Waals surface area contributed by atoms with Crippen molar-refractivity contribution in [1.29, 1.82) is 0 Å². The first-order chi connectivity index (χ1) is 16.7. The summed E-state index contributed by atoms with van der Waals surface area (Å²) in [5, 5.41) is 18.1. The normalized spacial score (nSPS) is 10.9. The third-order valence-corrected chi connectivity index (χ3v) is 5.57. The molecule has 0 atom stereocenters. The number of aryl methyl sites for hydroxylation is 1. The molecule has 180 valence electrons. The minimum absolute atomic E-state index is 0.0383. The van der Waals surface area contributed by atoms with E-state index in [9.17, 15) is 19.3 Å². The molecule has 2 aromatic heterocycles. The SMILES string of the molecule is Cc1nn(Cc2ccccc2F)c(C)c1NC(=O)c1ccc(COc2ccc([N+](=O)[O-])cc2Cl)o1. The number of aromatic nitrogens is 2. The second kappa shape index (κ2) is 9.98. The Morgan fingerprint density at radius 3 is 2.71 bits per heavy atom. The Morgan fingerprint density at radius 2 is 2.00 bits per heavy atom. The van der Waals surface area contributed by atoms with E-state index in [0.29, 0.717) is 28.4 Å². The van der Waals surface area contributed by atoms with Crippen LogP contribution in [0, 0.1) is 29.8 Å². The van der Waals surface area contributed by atoms with Gasteiger partial charge >= 0.3 is 0 Å². The van der Waals surface area contributed by atoms with Crippen molar-refractivity contribution in [3.05, 3.63) is 104 Å². The Labute approximate surface area is 204 Å². The zero-order valence-electron chi connectivity index (χ0n) is 18.7. The Bertz CT molecular complexity index is 1410. The summed E-state index contributed by atoms with van der Waals surface area (Å²) in [6.45, 7) is 3.72. The number of carbonyl (C=O) groups is 1. The number of amides is 1. The minimum Gasteiger partial charge on any atom is -0.484 e. The predicted molar refractivity (Wildman–Crippen MR) is 126 cm³/mol. The summed E-state index contributed by atoms with van der Waals surface area (Å²) in [6, 6.07) is 13.4. The molecule has 1 N–H and O–H groups in total. The lowest BCUT2D eigenvalue weighted by Crippen LogP contribution is -2.12. The highest BCUT2D eigenvalue weighted by molar-refractivity contribution is 6.32. The zero-order valence-corrected chi connectivity index (χ0v) is 19.5. The quantitative estimate of drug-likeness (QED) is 0.247. The molecule has 4 aromatic rings. The van der Waals surface area contributed by atoms with Crippen molar-refractivity contribution in [2.75, 3.05) is 5.32 Å². The monoisotopic (exact) mass is 498 g/mol. The number of carbonyl (C=O) groups excluding carboxylic acids is 1. The number of furan rings is 1. The van der Waals surface area contributed by atoms with Crippen LogP contribution in [-0.4, -0.2) is 20.6 Å². The molecule has 11 heteroatoms. The van der Waals surface area contributed by atoms with Gasteiger partial charge in [-0.3, -0.25) is 19.6 Å². The minimum atomic E-state index is -0.555. The van der Waals surface area contributed by atoms with E-state index in [2.05, 4.69) is 10.4 Å². The highest BCUT2D eigenvalue weighted by Crippen LogP contribution is 2.29. The molecule has 0 radical (unpaired) electrons. The first-order valence-electron chi connectivity index (χ1n) is 10.5. The Kier molecular flexibility index (Phi) is 6.83. The molecule has 2 aromatic carbocycles. The van der Waals surface area contributed by atoms with Gasteiger partial charge in [-0.05, 0) is 38.1 Å². The summed E-state index contributed by atoms with van der Waals surface area (Å²) >= 11 is 6.02. The topological polar surface area (TPSA) is 112 Å². The van der Waals surface area contributed by atoms with Gasteiger partial charge in [0.1, 0.15) is 23.9 Å². The maximum absolute atomic E-state index is 14.0. The van der Waals surface area contributed by atoms with Crippen LogP contribution in [0.5, 0.6) is 5.75 Å². The molecule has 9 nitrogen and oxygen atoms in total. The van der Waals surface area contributed by atoms with Gasteiger partial charge in [-0.1, -0.05) is 29.8 Å². The highest BCUT2D eigenvalue weighted by Gasteiger charge is 2.19. The number of hydrogen-bond donors (Lipinski definition) is 1. The van der Waals surface area contributed by atoms with E-state index in [1.807, 2.05) is 0 Å². The molecular formula is C24H20ClFN4O5. The molecule has 1 amide bonds. The largest absolute Gasteiger partial charge is 0.484 e. The second-order valence-electron chi connectivity index (χ2n) is 7.68. The van der Waals surface area contributed by atoms with Crippen molar-refractivity contribution in [3.8, 4) is 5.75 Å². The summed E-state index contributed by atoms with van der Waals surface area (Å²) < 4.78 is 26.8. The average Bonchev–Trinajstić information content (AvgIpc) is 3.40. The van der Waals surface area contributed by atoms with Crippen LogP contribution in [0.1, 0.15) is 33.3 Å². The Balaban J connectivity index is 1.42. The summed E-state index contributed by atoms with van der Waals surface area (Å²) in [5.41, 5.74) is 2.09. The van der Waals surface area contributed by atoms with Gasteiger partial charge in [0.05, 0.1) is 33.6 Å². The number of ether oxygens (including phenoxy) is 1. The molecular weight excluding hydrogens is 479 g/mol. The first-order valence-corrected chi connectivity index (χ1v) is 10.8. The van der Waals surface area contributed by atoms with E-state index in [1.54, 1.807) is 42.8 Å². The van der Waals surface area contributed by atoms with Gasteiger partial charge in [0.25, 0.3) is 11.6 Å². The van der Waals surface area contributed by atoms with E-state index in [4.69, 9.17) is 20.8 Å². The average molecular weight is 499 g/mol. The summed E-state index contributed by atoms with van der Waals surface area (Å²) in [7, 11) is 0. The van der Waals surface area contributed by atoms with E-state index in [0.717, 1.165) is 0 Å². The molecule has 0 saturated heterocycles. The predicted octanol–water partition coefficient (Wildman–Crippen LogP) is 5.67. The molecule has 4 rings (SSSR count). The van der Waals surface area contributed by atoms with Crippen LogP contribution in [0.4, 0.5) is 15.8 Å². The van der Waals surface area contributed by atoms with Crippen molar-refractivity contribution in [2.24, 2.45) is 0 Å². The van der Waals surface area contributed by atoms with Gasteiger partial charge in [-0.25, -0.2) is 4.39 Å². The second-order valence-corrected chi connectivity index (χ2v) is 8.08. The van der Waals surface area contributed by atoms with Crippen LogP contribution in [0.25, 0.3) is 0 Å². The maximum atomic E-state index is 14.0. The lowest BCUT2D eigenvalue weighted by atomic mass is 10.2. The van der Waals surface area contributed by atoms with Gasteiger partial charge in [0.15, 0.2) is 5.76 Å². The van der Waals surface area contributed by atoms with Gasteiger partial charge in [0, 0.05) is 17.7 Å². The first kappa shape index (κ1) is 24.0. The molecule has 0 unspecified atom stereocenters.